The number of halogens is 1. The molecule has 2 atom stereocenters. The molecule has 86 valence electrons. The molecule has 1 aliphatic rings. The number of hydrogen-bond acceptors (Lipinski definition) is 5. The van der Waals surface area contributed by atoms with Crippen molar-refractivity contribution in [2.24, 2.45) is 0 Å². The van der Waals surface area contributed by atoms with Crippen LogP contribution in [0.15, 0.2) is 27.6 Å². The average molecular weight is 288 g/mol. The third-order valence-corrected chi connectivity index (χ3v) is 2.82. The summed E-state index contributed by atoms with van der Waals surface area (Å²) in [7, 11) is 0. The number of hydrogen-bond donors (Lipinski definition) is 2. The zero-order valence-corrected chi connectivity index (χ0v) is 9.79. The molecule has 0 saturated heterocycles. The first-order valence-electron chi connectivity index (χ1n) is 4.60. The van der Waals surface area contributed by atoms with Gasteiger partial charge in [-0.05, 0) is 12.1 Å². The minimum Gasteiger partial charge on any atom is -0.393 e. The molecule has 0 aromatic carbocycles. The van der Waals surface area contributed by atoms with Gasteiger partial charge in [0.25, 0.3) is 0 Å². The molecule has 0 amide bonds. The molecule has 0 unspecified atom stereocenters. The van der Waals surface area contributed by atoms with E-state index in [9.17, 15) is 4.79 Å². The largest absolute Gasteiger partial charge is 0.393 e. The van der Waals surface area contributed by atoms with E-state index in [-0.39, 0.29) is 12.4 Å². The highest BCUT2D eigenvalue weighted by Gasteiger charge is 2.27. The molecule has 3 N–H and O–H groups in total. The number of nitrogen functional groups attached to an aromatic ring is 1. The van der Waals surface area contributed by atoms with Crippen LogP contribution in [0.2, 0.25) is 0 Å². The van der Waals surface area contributed by atoms with E-state index < -0.39 is 18.0 Å². The lowest BCUT2D eigenvalue weighted by Crippen LogP contribution is -2.28. The van der Waals surface area contributed by atoms with Crippen molar-refractivity contribution < 1.29 is 9.84 Å². The molecule has 0 radical (unpaired) electrons. The van der Waals surface area contributed by atoms with Gasteiger partial charge < -0.3 is 15.6 Å². The molecule has 0 fully saturated rings. The second-order valence-corrected chi connectivity index (χ2v) is 4.22. The van der Waals surface area contributed by atoms with Crippen molar-refractivity contribution in [1.29, 1.82) is 0 Å². The first kappa shape index (κ1) is 11.3. The maximum absolute atomic E-state index is 11.5. The van der Waals surface area contributed by atoms with Crippen molar-refractivity contribution >= 4 is 21.7 Å². The van der Waals surface area contributed by atoms with Gasteiger partial charge >= 0.3 is 5.69 Å². The van der Waals surface area contributed by atoms with Gasteiger partial charge in [-0.2, -0.15) is 4.98 Å². The Kier molecular flexibility index (Phi) is 3.08. The maximum Gasteiger partial charge on any atom is 0.351 e. The summed E-state index contributed by atoms with van der Waals surface area (Å²) in [6.07, 6.45) is 2.21. The van der Waals surface area contributed by atoms with E-state index in [0.717, 1.165) is 0 Å². The molecule has 6 nitrogen and oxygen atoms in total. The third kappa shape index (κ3) is 2.01. The second kappa shape index (κ2) is 4.36. The first-order chi connectivity index (χ1) is 7.61. The van der Waals surface area contributed by atoms with Crippen molar-refractivity contribution in [3.8, 4) is 0 Å². The minimum atomic E-state index is -0.585. The van der Waals surface area contributed by atoms with Crippen LogP contribution in [0.5, 0.6) is 0 Å². The number of aromatic nitrogens is 2. The number of nitrogens with zero attached hydrogens (tertiary/aromatic N) is 2. The maximum atomic E-state index is 11.5. The molecule has 1 aliphatic heterocycles. The van der Waals surface area contributed by atoms with E-state index in [1.165, 1.54) is 16.8 Å². The van der Waals surface area contributed by atoms with Crippen LogP contribution < -0.4 is 11.4 Å². The summed E-state index contributed by atoms with van der Waals surface area (Å²) in [6.45, 7) is -0.136. The number of ether oxygens (including phenoxy) is 1. The number of aliphatic hydroxyl groups is 1. The Hall–Kier alpha value is -1.18. The number of nitrogens with two attached hydrogens (primary N) is 1. The van der Waals surface area contributed by atoms with Gasteiger partial charge in [-0.25, -0.2) is 4.79 Å². The standard InChI is InChI=1S/C9H10BrN3O3/c10-6-3-5(4-14)16-8(6)13-2-1-7(11)12-9(13)15/h1-3,5,8,14H,4H2,(H2,11,12,15)/t5-,8+/m0/s1. The molecular weight excluding hydrogens is 278 g/mol. The lowest BCUT2D eigenvalue weighted by molar-refractivity contribution is -0.0112. The average Bonchev–Trinajstić information content (AvgIpc) is 2.60. The summed E-state index contributed by atoms with van der Waals surface area (Å²) >= 11 is 3.28. The van der Waals surface area contributed by atoms with Crippen molar-refractivity contribution in [2.45, 2.75) is 12.3 Å². The van der Waals surface area contributed by atoms with Crippen LogP contribution in [0.4, 0.5) is 5.82 Å². The minimum absolute atomic E-state index is 0.136. The van der Waals surface area contributed by atoms with Gasteiger partial charge in [0.15, 0.2) is 6.23 Å². The van der Waals surface area contributed by atoms with Gasteiger partial charge in [0, 0.05) is 10.7 Å². The van der Waals surface area contributed by atoms with E-state index in [1.807, 2.05) is 0 Å². The zero-order valence-electron chi connectivity index (χ0n) is 8.21. The van der Waals surface area contributed by atoms with Gasteiger partial charge in [-0.1, -0.05) is 15.9 Å². The van der Waals surface area contributed by atoms with E-state index in [1.54, 1.807) is 6.08 Å². The lowest BCUT2D eigenvalue weighted by atomic mass is 10.4. The monoisotopic (exact) mass is 287 g/mol. The van der Waals surface area contributed by atoms with Crippen LogP contribution >= 0.6 is 15.9 Å². The Balaban J connectivity index is 2.33. The third-order valence-electron chi connectivity index (χ3n) is 2.17. The fraction of sp³-hybridized carbons (Fsp3) is 0.333. The molecule has 0 bridgehead atoms. The van der Waals surface area contributed by atoms with Crippen LogP contribution in [-0.4, -0.2) is 27.4 Å². The zero-order chi connectivity index (χ0) is 11.7. The van der Waals surface area contributed by atoms with Gasteiger partial charge in [0.1, 0.15) is 11.9 Å². The molecule has 0 saturated carbocycles. The molecule has 2 heterocycles. The highest BCUT2D eigenvalue weighted by atomic mass is 79.9. The van der Waals surface area contributed by atoms with E-state index in [2.05, 4.69) is 20.9 Å². The summed E-state index contributed by atoms with van der Waals surface area (Å²) in [6, 6.07) is 1.51. The molecule has 2 rings (SSSR count). The Labute approximate surface area is 99.5 Å². The fourth-order valence-electron chi connectivity index (χ4n) is 1.43. The predicted molar refractivity (Wildman–Crippen MR) is 60.9 cm³/mol. The van der Waals surface area contributed by atoms with Crippen molar-refractivity contribution in [1.82, 2.24) is 9.55 Å². The summed E-state index contributed by atoms with van der Waals surface area (Å²) in [5, 5.41) is 8.95. The van der Waals surface area contributed by atoms with E-state index >= 15 is 0 Å². The second-order valence-electron chi connectivity index (χ2n) is 3.30. The summed E-state index contributed by atoms with van der Waals surface area (Å²) in [4.78, 5) is 15.1. The summed E-state index contributed by atoms with van der Waals surface area (Å²) < 4.78 is 7.40. The summed E-state index contributed by atoms with van der Waals surface area (Å²) in [5.41, 5.74) is 4.89. The normalized spacial score (nSPS) is 24.5. The van der Waals surface area contributed by atoms with Gasteiger partial charge in [-0.15, -0.1) is 0 Å². The quantitative estimate of drug-likeness (QED) is 0.799. The molecule has 0 aliphatic carbocycles. The van der Waals surface area contributed by atoms with Gasteiger partial charge in [0.2, 0.25) is 0 Å². The number of aliphatic hydroxyl groups excluding tert-OH is 1. The van der Waals surface area contributed by atoms with Gasteiger partial charge in [-0.3, -0.25) is 4.57 Å². The van der Waals surface area contributed by atoms with Crippen LogP contribution in [0.3, 0.4) is 0 Å². The van der Waals surface area contributed by atoms with Crippen molar-refractivity contribution in [3.63, 3.8) is 0 Å². The van der Waals surface area contributed by atoms with E-state index in [0.29, 0.717) is 4.48 Å². The Bertz CT molecular complexity index is 485. The lowest BCUT2D eigenvalue weighted by Gasteiger charge is -2.15. The first-order valence-corrected chi connectivity index (χ1v) is 5.39. The Morgan fingerprint density at radius 3 is 3.00 bits per heavy atom. The number of anilines is 1. The Morgan fingerprint density at radius 2 is 2.44 bits per heavy atom. The molecule has 1 aromatic heterocycles. The highest BCUT2D eigenvalue weighted by molar-refractivity contribution is 9.11. The number of rotatable bonds is 2. The van der Waals surface area contributed by atoms with Gasteiger partial charge in [0.05, 0.1) is 6.61 Å². The molecule has 1 aromatic rings. The predicted octanol–water partition coefficient (Wildman–Crippen LogP) is -0.00600. The molecular formula is C9H10BrN3O3. The smallest absolute Gasteiger partial charge is 0.351 e. The van der Waals surface area contributed by atoms with Crippen molar-refractivity contribution in [3.05, 3.63) is 33.3 Å². The molecule has 16 heavy (non-hydrogen) atoms. The SMILES string of the molecule is Nc1ccn([C@@H]2O[C@H](CO)C=C2Br)c(=O)n1. The van der Waals surface area contributed by atoms with Crippen molar-refractivity contribution in [2.75, 3.05) is 12.3 Å². The van der Waals surface area contributed by atoms with Crippen LogP contribution in [-0.2, 0) is 4.74 Å². The van der Waals surface area contributed by atoms with Crippen LogP contribution in [0, 0.1) is 0 Å². The molecule has 7 heteroatoms. The highest BCUT2D eigenvalue weighted by Crippen LogP contribution is 2.31. The topological polar surface area (TPSA) is 90.4 Å². The van der Waals surface area contributed by atoms with Crippen LogP contribution in [0.1, 0.15) is 6.23 Å². The van der Waals surface area contributed by atoms with E-state index in [4.69, 9.17) is 15.6 Å². The van der Waals surface area contributed by atoms with Crippen LogP contribution in [0.25, 0.3) is 0 Å². The Morgan fingerprint density at radius 1 is 1.69 bits per heavy atom. The molecule has 0 spiro atoms. The fourth-order valence-corrected chi connectivity index (χ4v) is 2.05. The summed E-state index contributed by atoms with van der Waals surface area (Å²) in [5.74, 6) is 0.165.